The van der Waals surface area contributed by atoms with Crippen molar-refractivity contribution in [1.82, 2.24) is 4.98 Å². The van der Waals surface area contributed by atoms with Crippen LogP contribution in [-0.2, 0) is 16.0 Å². The van der Waals surface area contributed by atoms with Crippen molar-refractivity contribution in [2.75, 3.05) is 18.5 Å². The quantitative estimate of drug-likeness (QED) is 0.487. The van der Waals surface area contributed by atoms with Crippen LogP contribution < -0.4 is 10.1 Å². The van der Waals surface area contributed by atoms with Gasteiger partial charge in [0, 0.05) is 16.3 Å². The second-order valence-corrected chi connectivity index (χ2v) is 7.22. The van der Waals surface area contributed by atoms with E-state index in [1.54, 1.807) is 19.1 Å². The number of nitrogens with zero attached hydrogens (tertiary/aromatic N) is 1. The topological polar surface area (TPSA) is 77.5 Å². The predicted molar refractivity (Wildman–Crippen MR) is 100 cm³/mol. The smallest absolute Gasteiger partial charge is 0.358 e. The first kappa shape index (κ1) is 20.3. The molecule has 1 aromatic heterocycles. The maximum atomic E-state index is 13.7. The van der Waals surface area contributed by atoms with Crippen LogP contribution >= 0.6 is 27.3 Å². The van der Waals surface area contributed by atoms with E-state index < -0.39 is 11.8 Å². The van der Waals surface area contributed by atoms with E-state index in [9.17, 15) is 14.0 Å². The Balaban J connectivity index is 1.99. The lowest BCUT2D eigenvalue weighted by Crippen LogP contribution is -2.09. The predicted octanol–water partition coefficient (Wildman–Crippen LogP) is 4.19. The minimum atomic E-state index is -0.532. The number of carbonyl (C=O) groups excluding carboxylic acids is 2. The number of thiazole rings is 1. The zero-order valence-electron chi connectivity index (χ0n) is 14.3. The van der Waals surface area contributed by atoms with Gasteiger partial charge in [-0.15, -0.1) is 11.3 Å². The number of hydrogen-bond donors (Lipinski definition) is 1. The van der Waals surface area contributed by atoms with Gasteiger partial charge in [0.2, 0.25) is 5.91 Å². The van der Waals surface area contributed by atoms with Gasteiger partial charge in [-0.2, -0.15) is 0 Å². The fraction of sp³-hybridized carbons (Fsp3) is 0.353. The highest BCUT2D eigenvalue weighted by Gasteiger charge is 2.19. The standard InChI is InChI=1S/C17H18BrFN2O4S/c1-3-24-16(23)15-14(26-17(21-15)20-10(2)22)5-4-8-25-13-7-6-11(18)9-12(13)19/h6-7,9H,3-5,8H2,1-2H3,(H,20,21,22). The molecular weight excluding hydrogens is 427 g/mol. The van der Waals surface area contributed by atoms with Crippen LogP contribution in [0, 0.1) is 5.82 Å². The van der Waals surface area contributed by atoms with Crippen LogP contribution in [0.1, 0.15) is 35.6 Å². The molecule has 0 fully saturated rings. The average Bonchev–Trinajstić information content (AvgIpc) is 2.95. The molecule has 0 spiro atoms. The van der Waals surface area contributed by atoms with E-state index in [2.05, 4.69) is 26.2 Å². The van der Waals surface area contributed by atoms with E-state index in [1.807, 2.05) is 0 Å². The Kier molecular flexibility index (Phi) is 7.52. The molecule has 0 saturated heterocycles. The van der Waals surface area contributed by atoms with Gasteiger partial charge in [-0.05, 0) is 38.0 Å². The molecule has 0 aliphatic rings. The Morgan fingerprint density at radius 2 is 2.15 bits per heavy atom. The highest BCUT2D eigenvalue weighted by molar-refractivity contribution is 9.10. The number of aryl methyl sites for hydroxylation is 1. The van der Waals surface area contributed by atoms with E-state index in [1.165, 1.54) is 24.3 Å². The van der Waals surface area contributed by atoms with Crippen molar-refractivity contribution in [3.05, 3.63) is 39.1 Å². The van der Waals surface area contributed by atoms with Crippen molar-refractivity contribution in [3.63, 3.8) is 0 Å². The zero-order chi connectivity index (χ0) is 19.1. The first-order valence-electron chi connectivity index (χ1n) is 7.93. The van der Waals surface area contributed by atoms with Gasteiger partial charge in [0.15, 0.2) is 22.4 Å². The average molecular weight is 445 g/mol. The third-order valence-electron chi connectivity index (χ3n) is 3.15. The van der Waals surface area contributed by atoms with Crippen LogP contribution in [0.3, 0.4) is 0 Å². The maximum absolute atomic E-state index is 13.7. The van der Waals surface area contributed by atoms with Crippen molar-refractivity contribution in [1.29, 1.82) is 0 Å². The van der Waals surface area contributed by atoms with Crippen LogP contribution in [0.15, 0.2) is 22.7 Å². The molecule has 1 heterocycles. The highest BCUT2D eigenvalue weighted by atomic mass is 79.9. The van der Waals surface area contributed by atoms with Gasteiger partial charge < -0.3 is 14.8 Å². The molecule has 0 saturated carbocycles. The van der Waals surface area contributed by atoms with Crippen LogP contribution in [0.2, 0.25) is 0 Å². The highest BCUT2D eigenvalue weighted by Crippen LogP contribution is 2.26. The summed E-state index contributed by atoms with van der Waals surface area (Å²) in [5.41, 5.74) is 0.190. The summed E-state index contributed by atoms with van der Waals surface area (Å²) in [5.74, 6) is -1.08. The number of esters is 1. The monoisotopic (exact) mass is 444 g/mol. The number of anilines is 1. The molecule has 0 aliphatic heterocycles. The second-order valence-electron chi connectivity index (χ2n) is 5.22. The molecule has 1 amide bonds. The molecule has 0 atom stereocenters. The van der Waals surface area contributed by atoms with Crippen molar-refractivity contribution >= 4 is 44.3 Å². The Hall–Kier alpha value is -2.00. The van der Waals surface area contributed by atoms with E-state index in [0.29, 0.717) is 27.3 Å². The summed E-state index contributed by atoms with van der Waals surface area (Å²) in [6, 6.07) is 4.57. The first-order chi connectivity index (χ1) is 12.4. The summed E-state index contributed by atoms with van der Waals surface area (Å²) in [6.45, 7) is 3.58. The maximum Gasteiger partial charge on any atom is 0.358 e. The summed E-state index contributed by atoms with van der Waals surface area (Å²) < 4.78 is 24.8. The Morgan fingerprint density at radius 3 is 2.81 bits per heavy atom. The van der Waals surface area contributed by atoms with Crippen LogP contribution in [0.4, 0.5) is 9.52 Å². The van der Waals surface area contributed by atoms with E-state index in [0.717, 1.165) is 0 Å². The molecule has 6 nitrogen and oxygen atoms in total. The Morgan fingerprint density at radius 1 is 1.38 bits per heavy atom. The molecule has 0 radical (unpaired) electrons. The number of nitrogens with one attached hydrogen (secondary N) is 1. The molecule has 26 heavy (non-hydrogen) atoms. The minimum Gasteiger partial charge on any atom is -0.491 e. The molecule has 2 aromatic rings. The van der Waals surface area contributed by atoms with E-state index in [-0.39, 0.29) is 30.6 Å². The fourth-order valence-corrected chi connectivity index (χ4v) is 3.46. The van der Waals surface area contributed by atoms with Gasteiger partial charge in [0.1, 0.15) is 0 Å². The van der Waals surface area contributed by atoms with Gasteiger partial charge >= 0.3 is 5.97 Å². The van der Waals surface area contributed by atoms with E-state index >= 15 is 0 Å². The lowest BCUT2D eigenvalue weighted by molar-refractivity contribution is -0.114. The van der Waals surface area contributed by atoms with Gasteiger partial charge in [0.05, 0.1) is 13.2 Å². The van der Waals surface area contributed by atoms with Crippen LogP contribution in [0.25, 0.3) is 0 Å². The Bertz CT molecular complexity index is 797. The number of carbonyl (C=O) groups is 2. The summed E-state index contributed by atoms with van der Waals surface area (Å²) >= 11 is 4.40. The third kappa shape index (κ3) is 5.77. The van der Waals surface area contributed by atoms with Crippen molar-refractivity contribution in [3.8, 4) is 5.75 Å². The van der Waals surface area contributed by atoms with Crippen LogP contribution in [0.5, 0.6) is 5.75 Å². The summed E-state index contributed by atoms with van der Waals surface area (Å²) in [5, 5.41) is 2.91. The molecule has 1 aromatic carbocycles. The molecule has 1 N–H and O–H groups in total. The van der Waals surface area contributed by atoms with Crippen molar-refractivity contribution in [2.45, 2.75) is 26.7 Å². The molecular formula is C17H18BrFN2O4S. The summed E-state index contributed by atoms with van der Waals surface area (Å²) in [6.07, 6.45) is 1.03. The molecule has 2 rings (SSSR count). The second kappa shape index (κ2) is 9.63. The minimum absolute atomic E-state index is 0.169. The fourth-order valence-electron chi connectivity index (χ4n) is 2.09. The van der Waals surface area contributed by atoms with Crippen LogP contribution in [-0.4, -0.2) is 30.1 Å². The first-order valence-corrected chi connectivity index (χ1v) is 9.54. The normalized spacial score (nSPS) is 10.5. The number of aromatic nitrogens is 1. The molecule has 0 unspecified atom stereocenters. The largest absolute Gasteiger partial charge is 0.491 e. The summed E-state index contributed by atoms with van der Waals surface area (Å²) in [7, 11) is 0. The Labute approximate surface area is 162 Å². The number of ether oxygens (including phenoxy) is 2. The summed E-state index contributed by atoms with van der Waals surface area (Å²) in [4.78, 5) is 28.0. The lowest BCUT2D eigenvalue weighted by Gasteiger charge is -2.07. The van der Waals surface area contributed by atoms with Gasteiger partial charge in [-0.25, -0.2) is 14.2 Å². The van der Waals surface area contributed by atoms with Gasteiger partial charge in [0.25, 0.3) is 0 Å². The van der Waals surface area contributed by atoms with E-state index in [4.69, 9.17) is 9.47 Å². The molecule has 9 heteroatoms. The van der Waals surface area contributed by atoms with Gasteiger partial charge in [-0.3, -0.25) is 4.79 Å². The molecule has 0 bridgehead atoms. The number of amides is 1. The van der Waals surface area contributed by atoms with Crippen molar-refractivity contribution < 1.29 is 23.5 Å². The SMILES string of the molecule is CCOC(=O)c1nc(NC(C)=O)sc1CCCOc1ccc(Br)cc1F. The third-order valence-corrected chi connectivity index (χ3v) is 4.67. The number of benzene rings is 1. The zero-order valence-corrected chi connectivity index (χ0v) is 16.7. The number of halogens is 2. The lowest BCUT2D eigenvalue weighted by atomic mass is 10.2. The molecule has 0 aliphatic carbocycles. The van der Waals surface area contributed by atoms with Crippen molar-refractivity contribution in [2.24, 2.45) is 0 Å². The number of rotatable bonds is 8. The molecule has 140 valence electrons. The van der Waals surface area contributed by atoms with Gasteiger partial charge in [-0.1, -0.05) is 15.9 Å². The number of hydrogen-bond acceptors (Lipinski definition) is 6.